The highest BCUT2D eigenvalue weighted by Gasteiger charge is 2.32. The smallest absolute Gasteiger partial charge is 0.351 e. The largest absolute Gasteiger partial charge is 0.478 e. The summed E-state index contributed by atoms with van der Waals surface area (Å²) >= 11 is 0. The summed E-state index contributed by atoms with van der Waals surface area (Å²) in [6.07, 6.45) is 1.78. The zero-order valence-electron chi connectivity index (χ0n) is 9.69. The minimum absolute atomic E-state index is 0.101. The van der Waals surface area contributed by atoms with E-state index >= 15 is 0 Å². The van der Waals surface area contributed by atoms with Crippen molar-refractivity contribution in [2.24, 2.45) is 12.8 Å². The van der Waals surface area contributed by atoms with E-state index in [0.717, 1.165) is 16.8 Å². The van der Waals surface area contributed by atoms with Crippen LogP contribution in [0.5, 0.6) is 0 Å². The van der Waals surface area contributed by atoms with E-state index in [-0.39, 0.29) is 6.42 Å². The normalized spacial score (nSPS) is 14.6. The summed E-state index contributed by atoms with van der Waals surface area (Å²) in [4.78, 5) is 10.7. The Kier molecular flexibility index (Phi) is 3.30. The molecular formula is C11H17N2O3+. The molecule has 0 aliphatic carbocycles. The van der Waals surface area contributed by atoms with E-state index in [4.69, 9.17) is 10.8 Å². The molecule has 5 heteroatoms. The van der Waals surface area contributed by atoms with Crippen molar-refractivity contribution in [3.05, 3.63) is 29.1 Å². The molecule has 1 atom stereocenters. The van der Waals surface area contributed by atoms with Gasteiger partial charge in [-0.15, -0.1) is 0 Å². The minimum Gasteiger partial charge on any atom is -0.478 e. The van der Waals surface area contributed by atoms with Gasteiger partial charge in [-0.3, -0.25) is 5.73 Å². The van der Waals surface area contributed by atoms with Crippen LogP contribution in [-0.2, 0) is 18.3 Å². The van der Waals surface area contributed by atoms with Gasteiger partial charge in [0.05, 0.1) is 0 Å². The van der Waals surface area contributed by atoms with E-state index in [0.29, 0.717) is 0 Å². The van der Waals surface area contributed by atoms with Crippen LogP contribution in [0.4, 0.5) is 0 Å². The summed E-state index contributed by atoms with van der Waals surface area (Å²) in [6.45, 7) is 3.76. The van der Waals surface area contributed by atoms with Crippen molar-refractivity contribution in [1.29, 1.82) is 0 Å². The SMILES string of the molecule is Cc1c[n+](C)c(C)cc1CC(N)(O)C(=O)O. The Morgan fingerprint density at radius 1 is 1.56 bits per heavy atom. The topological polar surface area (TPSA) is 87.4 Å². The molecule has 0 aliphatic rings. The summed E-state index contributed by atoms with van der Waals surface area (Å²) in [5.74, 6) is -1.42. The maximum absolute atomic E-state index is 10.7. The molecule has 0 saturated heterocycles. The number of carboxylic acids is 1. The summed E-state index contributed by atoms with van der Waals surface area (Å²) in [5, 5.41) is 18.2. The fourth-order valence-corrected chi connectivity index (χ4v) is 1.50. The van der Waals surface area contributed by atoms with Gasteiger partial charge >= 0.3 is 5.97 Å². The lowest BCUT2D eigenvalue weighted by atomic mass is 10.00. The Labute approximate surface area is 94.1 Å². The number of carbonyl (C=O) groups is 1. The second-order valence-electron chi connectivity index (χ2n) is 4.14. The first-order valence-electron chi connectivity index (χ1n) is 4.94. The van der Waals surface area contributed by atoms with Gasteiger partial charge in [-0.1, -0.05) is 0 Å². The summed E-state index contributed by atoms with van der Waals surface area (Å²) in [5.41, 5.74) is 5.70. The minimum atomic E-state index is -2.21. The molecule has 16 heavy (non-hydrogen) atoms. The highest BCUT2D eigenvalue weighted by molar-refractivity contribution is 5.76. The Morgan fingerprint density at radius 2 is 2.12 bits per heavy atom. The van der Waals surface area contributed by atoms with Gasteiger partial charge in [0, 0.05) is 25.0 Å². The number of aryl methyl sites for hydroxylation is 3. The average molecular weight is 225 g/mol. The number of aliphatic hydroxyl groups is 1. The van der Waals surface area contributed by atoms with Crippen molar-refractivity contribution in [2.45, 2.75) is 26.0 Å². The van der Waals surface area contributed by atoms with Crippen LogP contribution in [0.2, 0.25) is 0 Å². The van der Waals surface area contributed by atoms with Gasteiger partial charge in [0.25, 0.3) is 0 Å². The number of hydrogen-bond donors (Lipinski definition) is 3. The molecule has 1 aromatic heterocycles. The van der Waals surface area contributed by atoms with Gasteiger partial charge in [0.1, 0.15) is 7.05 Å². The zero-order valence-corrected chi connectivity index (χ0v) is 9.69. The number of aliphatic carboxylic acids is 1. The lowest BCUT2D eigenvalue weighted by Crippen LogP contribution is -2.50. The second-order valence-corrected chi connectivity index (χ2v) is 4.14. The van der Waals surface area contributed by atoms with Crippen molar-refractivity contribution in [1.82, 2.24) is 0 Å². The van der Waals surface area contributed by atoms with Crippen molar-refractivity contribution in [3.8, 4) is 0 Å². The number of pyridine rings is 1. The zero-order chi connectivity index (χ0) is 12.5. The molecular weight excluding hydrogens is 208 g/mol. The molecule has 1 heterocycles. The lowest BCUT2D eigenvalue weighted by molar-refractivity contribution is -0.678. The standard InChI is InChI=1S/C11H16N2O3/c1-7-6-13(3)8(2)4-9(7)5-11(12,16)10(14)15/h4,6,16H,5,12H2,1-3H3/p+1. The first-order chi connectivity index (χ1) is 7.24. The van der Waals surface area contributed by atoms with E-state index in [1.807, 2.05) is 37.7 Å². The van der Waals surface area contributed by atoms with E-state index in [9.17, 15) is 9.90 Å². The Balaban J connectivity index is 3.07. The molecule has 88 valence electrons. The maximum Gasteiger partial charge on any atom is 0.351 e. The van der Waals surface area contributed by atoms with Crippen LogP contribution >= 0.6 is 0 Å². The van der Waals surface area contributed by atoms with Crippen LogP contribution in [0.3, 0.4) is 0 Å². The predicted octanol–water partition coefficient (Wildman–Crippen LogP) is -0.598. The number of carboxylic acid groups (broad SMARTS) is 1. The molecule has 0 aliphatic heterocycles. The fourth-order valence-electron chi connectivity index (χ4n) is 1.50. The van der Waals surface area contributed by atoms with Crippen molar-refractivity contribution in [2.75, 3.05) is 0 Å². The van der Waals surface area contributed by atoms with Crippen molar-refractivity contribution >= 4 is 5.97 Å². The third-order valence-electron chi connectivity index (χ3n) is 2.66. The maximum atomic E-state index is 10.7. The quantitative estimate of drug-likeness (QED) is 0.473. The van der Waals surface area contributed by atoms with Gasteiger partial charge in [-0.25, -0.2) is 9.36 Å². The highest BCUT2D eigenvalue weighted by atomic mass is 16.4. The number of aromatic nitrogens is 1. The van der Waals surface area contributed by atoms with Gasteiger partial charge < -0.3 is 10.2 Å². The fraction of sp³-hybridized carbons (Fsp3) is 0.455. The number of nitrogens with two attached hydrogens (primary N) is 1. The lowest BCUT2D eigenvalue weighted by Gasteiger charge is -2.18. The number of hydrogen-bond acceptors (Lipinski definition) is 3. The van der Waals surface area contributed by atoms with Crippen molar-refractivity contribution in [3.63, 3.8) is 0 Å². The van der Waals surface area contributed by atoms with Crippen LogP contribution in [0.15, 0.2) is 12.3 Å². The number of nitrogens with zero attached hydrogens (tertiary/aromatic N) is 1. The molecule has 0 fully saturated rings. The van der Waals surface area contributed by atoms with Crippen LogP contribution in [0.1, 0.15) is 16.8 Å². The molecule has 0 aromatic carbocycles. The van der Waals surface area contributed by atoms with Gasteiger partial charge in [-0.2, -0.15) is 0 Å². The van der Waals surface area contributed by atoms with Gasteiger partial charge in [0.2, 0.25) is 5.72 Å². The Hall–Kier alpha value is -1.46. The highest BCUT2D eigenvalue weighted by Crippen LogP contribution is 2.13. The third-order valence-corrected chi connectivity index (χ3v) is 2.66. The van der Waals surface area contributed by atoms with Crippen LogP contribution in [0, 0.1) is 13.8 Å². The molecule has 0 amide bonds. The molecule has 0 spiro atoms. The van der Waals surface area contributed by atoms with E-state index in [2.05, 4.69) is 0 Å². The molecule has 1 aromatic rings. The second kappa shape index (κ2) is 4.19. The summed E-state index contributed by atoms with van der Waals surface area (Å²) in [7, 11) is 1.90. The third kappa shape index (κ3) is 2.56. The monoisotopic (exact) mass is 225 g/mol. The first-order valence-corrected chi connectivity index (χ1v) is 4.94. The van der Waals surface area contributed by atoms with E-state index in [1.54, 1.807) is 0 Å². The molecule has 5 nitrogen and oxygen atoms in total. The molecule has 4 N–H and O–H groups in total. The van der Waals surface area contributed by atoms with Crippen LogP contribution in [-0.4, -0.2) is 21.9 Å². The van der Waals surface area contributed by atoms with Crippen LogP contribution < -0.4 is 10.3 Å². The number of rotatable bonds is 3. The van der Waals surface area contributed by atoms with Gasteiger partial charge in [0.15, 0.2) is 11.9 Å². The average Bonchev–Trinajstić information content (AvgIpc) is 2.13. The Bertz CT molecular complexity index is 427. The Morgan fingerprint density at radius 3 is 2.62 bits per heavy atom. The summed E-state index contributed by atoms with van der Waals surface area (Å²) < 4.78 is 1.93. The van der Waals surface area contributed by atoms with E-state index in [1.165, 1.54) is 0 Å². The molecule has 1 rings (SSSR count). The van der Waals surface area contributed by atoms with Gasteiger partial charge in [-0.05, 0) is 12.5 Å². The van der Waals surface area contributed by atoms with Crippen LogP contribution in [0.25, 0.3) is 0 Å². The molecule has 0 radical (unpaired) electrons. The van der Waals surface area contributed by atoms with E-state index < -0.39 is 11.7 Å². The first kappa shape index (κ1) is 12.6. The molecule has 0 bridgehead atoms. The molecule has 0 saturated carbocycles. The summed E-state index contributed by atoms with van der Waals surface area (Å²) in [6, 6.07) is 1.83. The predicted molar refractivity (Wildman–Crippen MR) is 57.6 cm³/mol. The van der Waals surface area contributed by atoms with Crippen molar-refractivity contribution < 1.29 is 19.6 Å². The molecule has 1 unspecified atom stereocenters.